The summed E-state index contributed by atoms with van der Waals surface area (Å²) in [5.41, 5.74) is 0. The molecule has 0 amide bonds. The van der Waals surface area contributed by atoms with E-state index in [1.807, 2.05) is 0 Å². The number of allylic oxidation sites excluding steroid dienone is 2. The zero-order valence-electron chi connectivity index (χ0n) is 3.57. The average Bonchev–Trinajstić information content (AvgIpc) is 1.37. The molecular weight excluding hydrogens is 87.1 g/mol. The Morgan fingerprint density at radius 3 is 1.20 bits per heavy atom. The predicted octanol–water partition coefficient (Wildman–Crippen LogP) is -1.64. The minimum Gasteiger partial charge on any atom is -0.0991 e. The smallest absolute Gasteiger partial charge is 0.0991 e. The summed E-state index contributed by atoms with van der Waals surface area (Å²) in [5, 5.41) is 0. The summed E-state index contributed by atoms with van der Waals surface area (Å²) in [5.74, 6) is 0. The molecule has 0 aliphatic carbocycles. The standard InChI is InChI=1S/C4H6.K/c1-3-4-2;/h3-4H,1-2H2;/q;+1. The number of hydrogen-bond acceptors (Lipinski definition) is 0. The van der Waals surface area contributed by atoms with Crippen molar-refractivity contribution in [1.29, 1.82) is 0 Å². The van der Waals surface area contributed by atoms with Gasteiger partial charge in [0.25, 0.3) is 0 Å². The van der Waals surface area contributed by atoms with Gasteiger partial charge in [0, 0.05) is 0 Å². The van der Waals surface area contributed by atoms with Crippen molar-refractivity contribution in [3.05, 3.63) is 25.3 Å². The molecule has 0 aliphatic rings. The first-order valence-corrected chi connectivity index (χ1v) is 1.15. The van der Waals surface area contributed by atoms with Crippen LogP contribution in [0.25, 0.3) is 0 Å². The van der Waals surface area contributed by atoms with Gasteiger partial charge in [0.15, 0.2) is 0 Å². The molecule has 0 atom stereocenters. The average molecular weight is 93.2 g/mol. The van der Waals surface area contributed by atoms with Crippen molar-refractivity contribution >= 4 is 0 Å². The molecule has 0 fully saturated rings. The summed E-state index contributed by atoms with van der Waals surface area (Å²) < 4.78 is 0. The van der Waals surface area contributed by atoms with Gasteiger partial charge in [-0.05, 0) is 0 Å². The number of hydrogen-bond donors (Lipinski definition) is 0. The quantitative estimate of drug-likeness (QED) is 0.269. The normalized spacial score (nSPS) is 4.00. The van der Waals surface area contributed by atoms with Gasteiger partial charge in [0.2, 0.25) is 0 Å². The Bertz CT molecular complexity index is 24.6. The van der Waals surface area contributed by atoms with Gasteiger partial charge in [-0.2, -0.15) is 0 Å². The maximum atomic E-state index is 3.36. The largest absolute Gasteiger partial charge is 1.00 e. The molecular formula is C4H6K+. The van der Waals surface area contributed by atoms with Crippen LogP contribution in [0.5, 0.6) is 0 Å². The third-order valence-corrected chi connectivity index (χ3v) is 0.167. The molecule has 0 radical (unpaired) electrons. The van der Waals surface area contributed by atoms with Crippen molar-refractivity contribution in [2.24, 2.45) is 0 Å². The molecule has 0 aromatic heterocycles. The second-order valence-corrected chi connectivity index (χ2v) is 0.471. The van der Waals surface area contributed by atoms with E-state index in [-0.39, 0.29) is 51.4 Å². The minimum absolute atomic E-state index is 0. The van der Waals surface area contributed by atoms with Gasteiger partial charge >= 0.3 is 51.4 Å². The van der Waals surface area contributed by atoms with E-state index in [0.717, 1.165) is 0 Å². The van der Waals surface area contributed by atoms with E-state index in [0.29, 0.717) is 0 Å². The third-order valence-electron chi connectivity index (χ3n) is 0.167. The maximum Gasteiger partial charge on any atom is 1.00 e. The fourth-order valence-electron chi connectivity index (χ4n) is 0. The maximum absolute atomic E-state index is 3.36. The Labute approximate surface area is 75.4 Å². The summed E-state index contributed by atoms with van der Waals surface area (Å²) in [6.45, 7) is 6.72. The predicted molar refractivity (Wildman–Crippen MR) is 20.4 cm³/mol. The Balaban J connectivity index is 0. The van der Waals surface area contributed by atoms with E-state index in [1.54, 1.807) is 12.2 Å². The first-order valence-electron chi connectivity index (χ1n) is 1.15. The number of rotatable bonds is 1. The molecule has 0 bridgehead atoms. The van der Waals surface area contributed by atoms with Crippen LogP contribution in [0.15, 0.2) is 25.3 Å². The van der Waals surface area contributed by atoms with E-state index in [4.69, 9.17) is 0 Å². The van der Waals surface area contributed by atoms with Gasteiger partial charge in [0.05, 0.1) is 0 Å². The first kappa shape index (κ1) is 9.45. The zero-order valence-corrected chi connectivity index (χ0v) is 6.69. The fraction of sp³-hybridized carbons (Fsp3) is 0. The minimum atomic E-state index is 0. The van der Waals surface area contributed by atoms with E-state index in [1.165, 1.54) is 0 Å². The van der Waals surface area contributed by atoms with Crippen LogP contribution in [-0.4, -0.2) is 0 Å². The second-order valence-electron chi connectivity index (χ2n) is 0.471. The Morgan fingerprint density at radius 2 is 1.20 bits per heavy atom. The molecule has 0 aliphatic heterocycles. The molecule has 1 heteroatoms. The molecule has 5 heavy (non-hydrogen) atoms. The van der Waals surface area contributed by atoms with Gasteiger partial charge in [-0.3, -0.25) is 0 Å². The van der Waals surface area contributed by atoms with Crippen LogP contribution in [0.2, 0.25) is 0 Å². The summed E-state index contributed by atoms with van der Waals surface area (Å²) in [7, 11) is 0. The molecule has 0 rings (SSSR count). The zero-order chi connectivity index (χ0) is 3.41. The topological polar surface area (TPSA) is 0 Å². The van der Waals surface area contributed by atoms with E-state index >= 15 is 0 Å². The molecule has 0 saturated heterocycles. The van der Waals surface area contributed by atoms with E-state index < -0.39 is 0 Å². The van der Waals surface area contributed by atoms with Crippen LogP contribution < -0.4 is 51.4 Å². The molecule has 0 saturated carbocycles. The third kappa shape index (κ3) is 11.1. The van der Waals surface area contributed by atoms with Gasteiger partial charge in [-0.15, -0.1) is 0 Å². The van der Waals surface area contributed by atoms with Crippen LogP contribution in [0.3, 0.4) is 0 Å². The van der Waals surface area contributed by atoms with Crippen molar-refractivity contribution in [1.82, 2.24) is 0 Å². The van der Waals surface area contributed by atoms with Crippen molar-refractivity contribution in [2.45, 2.75) is 0 Å². The molecule has 0 nitrogen and oxygen atoms in total. The second kappa shape index (κ2) is 8.93. The van der Waals surface area contributed by atoms with Crippen molar-refractivity contribution in [3.63, 3.8) is 0 Å². The van der Waals surface area contributed by atoms with Crippen LogP contribution in [0.4, 0.5) is 0 Å². The van der Waals surface area contributed by atoms with E-state index in [9.17, 15) is 0 Å². The summed E-state index contributed by atoms with van der Waals surface area (Å²) >= 11 is 0. The van der Waals surface area contributed by atoms with Crippen LogP contribution >= 0.6 is 0 Å². The monoisotopic (exact) mass is 93.0 g/mol. The van der Waals surface area contributed by atoms with Gasteiger partial charge in [0.1, 0.15) is 0 Å². The summed E-state index contributed by atoms with van der Waals surface area (Å²) in [6, 6.07) is 0. The molecule has 0 spiro atoms. The first-order chi connectivity index (χ1) is 1.91. The molecule has 0 aromatic rings. The van der Waals surface area contributed by atoms with Crippen molar-refractivity contribution in [2.75, 3.05) is 0 Å². The molecule has 0 heterocycles. The molecule has 22 valence electrons. The molecule has 0 aromatic carbocycles. The summed E-state index contributed by atoms with van der Waals surface area (Å²) in [4.78, 5) is 0. The van der Waals surface area contributed by atoms with Crippen LogP contribution in [0.1, 0.15) is 0 Å². The van der Waals surface area contributed by atoms with Gasteiger partial charge < -0.3 is 0 Å². The Hall–Kier alpha value is 1.12. The Kier molecular flexibility index (Phi) is 16.9. The van der Waals surface area contributed by atoms with Gasteiger partial charge in [-0.25, -0.2) is 0 Å². The van der Waals surface area contributed by atoms with Gasteiger partial charge in [-0.1, -0.05) is 25.3 Å². The Morgan fingerprint density at radius 1 is 1.00 bits per heavy atom. The molecule has 0 unspecified atom stereocenters. The fourth-order valence-corrected chi connectivity index (χ4v) is 0. The van der Waals surface area contributed by atoms with Crippen molar-refractivity contribution < 1.29 is 51.4 Å². The molecule has 0 N–H and O–H groups in total. The SMILES string of the molecule is C=CC=C.[K+]. The van der Waals surface area contributed by atoms with Crippen molar-refractivity contribution in [3.8, 4) is 0 Å². The van der Waals surface area contributed by atoms with E-state index in [2.05, 4.69) is 13.2 Å². The van der Waals surface area contributed by atoms with Crippen LogP contribution in [0, 0.1) is 0 Å². The summed E-state index contributed by atoms with van der Waals surface area (Å²) in [6.07, 6.45) is 3.28. The van der Waals surface area contributed by atoms with Crippen LogP contribution in [-0.2, 0) is 0 Å².